The molecule has 0 unspecified atom stereocenters. The SMILES string of the molecule is COc1ccccc1NS(=O)(=O)c1cc(C(=O)O)cc(F)c1C. The van der Waals surface area contributed by atoms with Crippen LogP contribution in [0.15, 0.2) is 41.3 Å². The highest BCUT2D eigenvalue weighted by Gasteiger charge is 2.23. The Morgan fingerprint density at radius 1 is 1.26 bits per heavy atom. The third kappa shape index (κ3) is 3.42. The third-order valence-corrected chi connectivity index (χ3v) is 4.68. The molecule has 6 nitrogen and oxygen atoms in total. The maximum absolute atomic E-state index is 13.8. The van der Waals surface area contributed by atoms with Crippen LogP contribution < -0.4 is 9.46 Å². The molecule has 2 aromatic carbocycles. The van der Waals surface area contributed by atoms with Crippen molar-refractivity contribution >= 4 is 21.7 Å². The van der Waals surface area contributed by atoms with Crippen molar-refractivity contribution in [3.8, 4) is 5.75 Å². The van der Waals surface area contributed by atoms with Gasteiger partial charge in [0.1, 0.15) is 11.6 Å². The summed E-state index contributed by atoms with van der Waals surface area (Å²) in [6, 6.07) is 7.98. The van der Waals surface area contributed by atoms with Crippen LogP contribution in [0, 0.1) is 12.7 Å². The number of para-hydroxylation sites is 2. The molecule has 0 aliphatic carbocycles. The van der Waals surface area contributed by atoms with Crippen LogP contribution in [-0.2, 0) is 10.0 Å². The number of hydrogen-bond donors (Lipinski definition) is 2. The van der Waals surface area contributed by atoms with Gasteiger partial charge in [-0.15, -0.1) is 0 Å². The molecule has 0 bridgehead atoms. The maximum atomic E-state index is 13.8. The van der Waals surface area contributed by atoms with Crippen LogP contribution in [0.4, 0.5) is 10.1 Å². The molecule has 2 rings (SSSR count). The number of ether oxygens (including phenoxy) is 1. The first kappa shape index (κ1) is 16.8. The molecule has 0 fully saturated rings. The smallest absolute Gasteiger partial charge is 0.335 e. The number of nitrogens with one attached hydrogen (secondary N) is 1. The van der Waals surface area contributed by atoms with Gasteiger partial charge >= 0.3 is 5.97 Å². The molecular weight excluding hydrogens is 325 g/mol. The van der Waals surface area contributed by atoms with Crippen LogP contribution in [0.25, 0.3) is 0 Å². The van der Waals surface area contributed by atoms with E-state index in [1.807, 2.05) is 0 Å². The molecule has 0 heterocycles. The van der Waals surface area contributed by atoms with Crippen LogP contribution in [0.3, 0.4) is 0 Å². The molecule has 0 aliphatic heterocycles. The standard InChI is InChI=1S/C15H14FNO5S/c1-9-11(16)7-10(15(18)19)8-14(9)23(20,21)17-12-5-3-4-6-13(12)22-2/h3-8,17H,1-2H3,(H,18,19). The number of carboxylic acids is 1. The fourth-order valence-corrected chi connectivity index (χ4v) is 3.34. The van der Waals surface area contributed by atoms with E-state index in [2.05, 4.69) is 4.72 Å². The van der Waals surface area contributed by atoms with E-state index in [1.165, 1.54) is 20.1 Å². The van der Waals surface area contributed by atoms with Crippen LogP contribution in [0.2, 0.25) is 0 Å². The Morgan fingerprint density at radius 3 is 2.52 bits per heavy atom. The number of rotatable bonds is 5. The van der Waals surface area contributed by atoms with Crippen molar-refractivity contribution in [3.05, 3.63) is 53.3 Å². The first-order valence-corrected chi connectivity index (χ1v) is 7.94. The minimum Gasteiger partial charge on any atom is -0.495 e. The number of methoxy groups -OCH3 is 1. The molecule has 0 saturated carbocycles. The van der Waals surface area contributed by atoms with Gasteiger partial charge in [-0.25, -0.2) is 17.6 Å². The Bertz CT molecular complexity index is 864. The predicted molar refractivity (Wildman–Crippen MR) is 81.9 cm³/mol. The minimum absolute atomic E-state index is 0.163. The lowest BCUT2D eigenvalue weighted by atomic mass is 10.1. The van der Waals surface area contributed by atoms with E-state index in [0.717, 1.165) is 12.1 Å². The molecule has 122 valence electrons. The number of sulfonamides is 1. The lowest BCUT2D eigenvalue weighted by Gasteiger charge is -2.14. The summed E-state index contributed by atoms with van der Waals surface area (Å²) in [5, 5.41) is 8.96. The summed E-state index contributed by atoms with van der Waals surface area (Å²) in [7, 11) is -2.81. The summed E-state index contributed by atoms with van der Waals surface area (Å²) in [6.07, 6.45) is 0. The van der Waals surface area contributed by atoms with E-state index in [0.29, 0.717) is 0 Å². The average Bonchev–Trinajstić information content (AvgIpc) is 2.49. The normalized spacial score (nSPS) is 11.1. The lowest BCUT2D eigenvalue weighted by molar-refractivity contribution is 0.0696. The molecule has 0 radical (unpaired) electrons. The Labute approximate surface area is 132 Å². The van der Waals surface area contributed by atoms with E-state index >= 15 is 0 Å². The topological polar surface area (TPSA) is 92.7 Å². The monoisotopic (exact) mass is 339 g/mol. The van der Waals surface area contributed by atoms with Gasteiger partial charge in [0.15, 0.2) is 0 Å². The Balaban J connectivity index is 2.54. The van der Waals surface area contributed by atoms with E-state index < -0.39 is 32.3 Å². The van der Waals surface area contributed by atoms with Gasteiger partial charge in [0.05, 0.1) is 23.3 Å². The number of halogens is 1. The number of hydrogen-bond acceptors (Lipinski definition) is 4. The fraction of sp³-hybridized carbons (Fsp3) is 0.133. The van der Waals surface area contributed by atoms with Gasteiger partial charge in [-0.3, -0.25) is 4.72 Å². The molecule has 0 aliphatic rings. The number of carbonyl (C=O) groups is 1. The number of benzene rings is 2. The third-order valence-electron chi connectivity index (χ3n) is 3.18. The van der Waals surface area contributed by atoms with Crippen molar-refractivity contribution in [2.75, 3.05) is 11.8 Å². The van der Waals surface area contributed by atoms with Crippen molar-refractivity contribution in [2.45, 2.75) is 11.8 Å². The summed E-state index contributed by atoms with van der Waals surface area (Å²) in [5.74, 6) is -2.05. The van der Waals surface area contributed by atoms with Crippen LogP contribution in [-0.4, -0.2) is 26.6 Å². The molecule has 2 aromatic rings. The first-order chi connectivity index (χ1) is 10.8. The molecule has 8 heteroatoms. The average molecular weight is 339 g/mol. The molecule has 2 N–H and O–H groups in total. The van der Waals surface area contributed by atoms with Gasteiger partial charge < -0.3 is 9.84 Å². The quantitative estimate of drug-likeness (QED) is 0.873. The zero-order valence-corrected chi connectivity index (χ0v) is 13.1. The van der Waals surface area contributed by atoms with Gasteiger partial charge in [0, 0.05) is 5.56 Å². The fourth-order valence-electron chi connectivity index (χ4n) is 1.98. The second kappa shape index (κ2) is 6.25. The Hall–Kier alpha value is -2.61. The zero-order chi connectivity index (χ0) is 17.2. The molecule has 23 heavy (non-hydrogen) atoms. The molecule has 0 aromatic heterocycles. The van der Waals surface area contributed by atoms with Gasteiger partial charge in [0.25, 0.3) is 10.0 Å². The largest absolute Gasteiger partial charge is 0.495 e. The van der Waals surface area contributed by atoms with Crippen molar-refractivity contribution in [1.29, 1.82) is 0 Å². The van der Waals surface area contributed by atoms with Crippen molar-refractivity contribution in [3.63, 3.8) is 0 Å². The Morgan fingerprint density at radius 2 is 1.91 bits per heavy atom. The summed E-state index contributed by atoms with van der Waals surface area (Å²) >= 11 is 0. The van der Waals surface area contributed by atoms with Gasteiger partial charge in [0.2, 0.25) is 0 Å². The maximum Gasteiger partial charge on any atom is 0.335 e. The first-order valence-electron chi connectivity index (χ1n) is 6.45. The van der Waals surface area contributed by atoms with Crippen molar-refractivity contribution in [2.24, 2.45) is 0 Å². The highest BCUT2D eigenvalue weighted by atomic mass is 32.2. The molecular formula is C15H14FNO5S. The summed E-state index contributed by atoms with van der Waals surface area (Å²) in [6.45, 7) is 1.26. The summed E-state index contributed by atoms with van der Waals surface area (Å²) in [5.41, 5.74) is -0.457. The highest BCUT2D eigenvalue weighted by molar-refractivity contribution is 7.92. The summed E-state index contributed by atoms with van der Waals surface area (Å²) < 4.78 is 46.1. The molecule has 0 spiro atoms. The van der Waals surface area contributed by atoms with Crippen LogP contribution in [0.1, 0.15) is 15.9 Å². The lowest BCUT2D eigenvalue weighted by Crippen LogP contribution is -2.16. The number of anilines is 1. The van der Waals surface area contributed by atoms with Crippen molar-refractivity contribution in [1.82, 2.24) is 0 Å². The van der Waals surface area contributed by atoms with Crippen LogP contribution >= 0.6 is 0 Å². The van der Waals surface area contributed by atoms with Gasteiger partial charge in [-0.2, -0.15) is 0 Å². The number of aromatic carboxylic acids is 1. The minimum atomic E-state index is -4.19. The van der Waals surface area contributed by atoms with Crippen LogP contribution in [0.5, 0.6) is 5.75 Å². The Kier molecular flexibility index (Phi) is 4.55. The number of carboxylic acid groups (broad SMARTS) is 1. The molecule has 0 amide bonds. The van der Waals surface area contributed by atoms with E-state index in [9.17, 15) is 17.6 Å². The zero-order valence-electron chi connectivity index (χ0n) is 12.3. The second-order valence-corrected chi connectivity index (χ2v) is 6.34. The van der Waals surface area contributed by atoms with Gasteiger partial charge in [-0.1, -0.05) is 12.1 Å². The van der Waals surface area contributed by atoms with E-state index in [4.69, 9.17) is 9.84 Å². The predicted octanol–water partition coefficient (Wildman–Crippen LogP) is 2.64. The highest BCUT2D eigenvalue weighted by Crippen LogP contribution is 2.28. The van der Waals surface area contributed by atoms with Crippen molar-refractivity contribution < 1.29 is 27.4 Å². The molecule has 0 saturated heterocycles. The second-order valence-electron chi connectivity index (χ2n) is 4.69. The van der Waals surface area contributed by atoms with E-state index in [-0.39, 0.29) is 17.0 Å². The van der Waals surface area contributed by atoms with E-state index in [1.54, 1.807) is 18.2 Å². The summed E-state index contributed by atoms with van der Waals surface area (Å²) in [4.78, 5) is 10.6. The van der Waals surface area contributed by atoms with Gasteiger partial charge in [-0.05, 0) is 31.2 Å². The molecule has 0 atom stereocenters.